The summed E-state index contributed by atoms with van der Waals surface area (Å²) in [7, 11) is 1.63. The van der Waals surface area contributed by atoms with E-state index in [4.69, 9.17) is 4.74 Å². The molecule has 0 spiro atoms. The Balaban J connectivity index is 2.07. The first-order chi connectivity index (χ1) is 10.2. The molecule has 1 aromatic heterocycles. The Morgan fingerprint density at radius 1 is 1.24 bits per heavy atom. The average molecular weight is 294 g/mol. The number of aromatic nitrogens is 2. The Kier molecular flexibility index (Phi) is 5.76. The molecule has 3 N–H and O–H groups in total. The molecular formula is C15H26N4O2. The van der Waals surface area contributed by atoms with Crippen molar-refractivity contribution in [3.8, 4) is 0 Å². The van der Waals surface area contributed by atoms with Gasteiger partial charge in [0.15, 0.2) is 5.82 Å². The molecule has 0 aromatic carbocycles. The van der Waals surface area contributed by atoms with Crippen molar-refractivity contribution in [2.24, 2.45) is 5.41 Å². The summed E-state index contributed by atoms with van der Waals surface area (Å²) in [4.78, 5) is 8.86. The second-order valence-corrected chi connectivity index (χ2v) is 5.74. The van der Waals surface area contributed by atoms with Gasteiger partial charge in [-0.2, -0.15) is 0 Å². The summed E-state index contributed by atoms with van der Waals surface area (Å²) in [5, 5.41) is 16.2. The molecule has 0 amide bonds. The molecule has 0 aliphatic heterocycles. The van der Waals surface area contributed by atoms with Gasteiger partial charge in [-0.25, -0.2) is 9.97 Å². The number of nitrogens with zero attached hydrogens (tertiary/aromatic N) is 2. The lowest BCUT2D eigenvalue weighted by molar-refractivity contribution is 0.142. The molecule has 1 aliphatic carbocycles. The fraction of sp³-hybridized carbons (Fsp3) is 0.733. The van der Waals surface area contributed by atoms with Crippen molar-refractivity contribution in [1.82, 2.24) is 9.97 Å². The zero-order valence-electron chi connectivity index (χ0n) is 13.0. The topological polar surface area (TPSA) is 79.3 Å². The second-order valence-electron chi connectivity index (χ2n) is 5.74. The van der Waals surface area contributed by atoms with Crippen molar-refractivity contribution in [1.29, 1.82) is 0 Å². The van der Waals surface area contributed by atoms with Gasteiger partial charge in [0.05, 0.1) is 6.61 Å². The first kappa shape index (κ1) is 16.0. The predicted octanol–water partition coefficient (Wildman–Crippen LogP) is 2.02. The number of hydrogen-bond donors (Lipinski definition) is 3. The molecule has 0 unspecified atom stereocenters. The SMILES string of the molecule is CCNc1cc(NCC2(CO)CCCC2)nc(COC)n1. The quantitative estimate of drug-likeness (QED) is 0.681. The van der Waals surface area contributed by atoms with Crippen LogP contribution in [0, 0.1) is 5.41 Å². The molecule has 21 heavy (non-hydrogen) atoms. The first-order valence-electron chi connectivity index (χ1n) is 7.67. The molecule has 6 heteroatoms. The summed E-state index contributed by atoms with van der Waals surface area (Å²) in [5.74, 6) is 2.24. The number of aliphatic hydroxyl groups excluding tert-OH is 1. The summed E-state index contributed by atoms with van der Waals surface area (Å²) >= 11 is 0. The number of hydrogen-bond acceptors (Lipinski definition) is 6. The van der Waals surface area contributed by atoms with Crippen molar-refractivity contribution in [3.05, 3.63) is 11.9 Å². The van der Waals surface area contributed by atoms with Crippen molar-refractivity contribution in [3.63, 3.8) is 0 Å². The third-order valence-corrected chi connectivity index (χ3v) is 4.05. The van der Waals surface area contributed by atoms with Crippen LogP contribution in [-0.2, 0) is 11.3 Å². The van der Waals surface area contributed by atoms with Crippen molar-refractivity contribution >= 4 is 11.6 Å². The van der Waals surface area contributed by atoms with Gasteiger partial charge in [0.1, 0.15) is 18.2 Å². The summed E-state index contributed by atoms with van der Waals surface area (Å²) < 4.78 is 5.11. The van der Waals surface area contributed by atoms with Crippen LogP contribution >= 0.6 is 0 Å². The highest BCUT2D eigenvalue weighted by Crippen LogP contribution is 2.37. The van der Waals surface area contributed by atoms with Gasteiger partial charge in [-0.3, -0.25) is 0 Å². The van der Waals surface area contributed by atoms with Crippen LogP contribution in [0.1, 0.15) is 38.4 Å². The summed E-state index contributed by atoms with van der Waals surface area (Å²) in [6.07, 6.45) is 4.55. The van der Waals surface area contributed by atoms with Crippen LogP contribution in [0.25, 0.3) is 0 Å². The smallest absolute Gasteiger partial charge is 0.158 e. The van der Waals surface area contributed by atoms with Gasteiger partial charge in [0.25, 0.3) is 0 Å². The molecule has 0 atom stereocenters. The maximum atomic E-state index is 9.67. The van der Waals surface area contributed by atoms with Crippen LogP contribution < -0.4 is 10.6 Å². The zero-order valence-corrected chi connectivity index (χ0v) is 13.0. The van der Waals surface area contributed by atoms with Crippen molar-refractivity contribution in [2.45, 2.75) is 39.2 Å². The Labute approximate surface area is 126 Å². The number of ether oxygens (including phenoxy) is 1. The van der Waals surface area contributed by atoms with E-state index in [0.29, 0.717) is 12.4 Å². The average Bonchev–Trinajstić information content (AvgIpc) is 2.95. The highest BCUT2D eigenvalue weighted by molar-refractivity contribution is 5.47. The van der Waals surface area contributed by atoms with Gasteiger partial charge in [-0.1, -0.05) is 12.8 Å². The number of methoxy groups -OCH3 is 1. The Morgan fingerprint density at radius 3 is 2.48 bits per heavy atom. The largest absolute Gasteiger partial charge is 0.396 e. The normalized spacial score (nSPS) is 16.9. The number of nitrogens with one attached hydrogen (secondary N) is 2. The molecule has 2 rings (SSSR count). The predicted molar refractivity (Wildman–Crippen MR) is 83.4 cm³/mol. The van der Waals surface area contributed by atoms with Gasteiger partial charge in [0, 0.05) is 31.7 Å². The molecule has 0 saturated heterocycles. The third-order valence-electron chi connectivity index (χ3n) is 4.05. The van der Waals surface area contributed by atoms with Crippen molar-refractivity contribution < 1.29 is 9.84 Å². The highest BCUT2D eigenvalue weighted by Gasteiger charge is 2.33. The highest BCUT2D eigenvalue weighted by atomic mass is 16.5. The van der Waals surface area contributed by atoms with E-state index in [0.717, 1.165) is 37.6 Å². The van der Waals surface area contributed by atoms with E-state index in [1.165, 1.54) is 12.8 Å². The maximum Gasteiger partial charge on any atom is 0.158 e. The number of rotatable bonds is 8. The van der Waals surface area contributed by atoms with E-state index >= 15 is 0 Å². The van der Waals surface area contributed by atoms with E-state index in [2.05, 4.69) is 20.6 Å². The van der Waals surface area contributed by atoms with E-state index in [-0.39, 0.29) is 12.0 Å². The van der Waals surface area contributed by atoms with Gasteiger partial charge in [-0.15, -0.1) is 0 Å². The van der Waals surface area contributed by atoms with Crippen LogP contribution in [0.3, 0.4) is 0 Å². The van der Waals surface area contributed by atoms with Crippen LogP contribution in [0.15, 0.2) is 6.07 Å². The summed E-state index contributed by atoms with van der Waals surface area (Å²) in [6, 6.07) is 1.91. The van der Waals surface area contributed by atoms with E-state index in [1.807, 2.05) is 13.0 Å². The molecule has 0 radical (unpaired) electrons. The van der Waals surface area contributed by atoms with Crippen LogP contribution in [0.4, 0.5) is 11.6 Å². The van der Waals surface area contributed by atoms with Crippen LogP contribution in [0.2, 0.25) is 0 Å². The molecule has 1 saturated carbocycles. The fourth-order valence-corrected chi connectivity index (χ4v) is 2.85. The molecule has 1 aromatic rings. The van der Waals surface area contributed by atoms with E-state index < -0.39 is 0 Å². The summed E-state index contributed by atoms with van der Waals surface area (Å²) in [6.45, 7) is 4.21. The molecule has 1 fully saturated rings. The van der Waals surface area contributed by atoms with Gasteiger partial charge >= 0.3 is 0 Å². The zero-order chi connectivity index (χ0) is 15.1. The first-order valence-corrected chi connectivity index (χ1v) is 7.67. The van der Waals surface area contributed by atoms with Crippen LogP contribution in [-0.4, -0.2) is 41.9 Å². The lowest BCUT2D eigenvalue weighted by atomic mass is 9.87. The van der Waals surface area contributed by atoms with Gasteiger partial charge in [0.2, 0.25) is 0 Å². The van der Waals surface area contributed by atoms with Crippen molar-refractivity contribution in [2.75, 3.05) is 37.4 Å². The Morgan fingerprint density at radius 2 is 1.90 bits per heavy atom. The number of aliphatic hydroxyl groups is 1. The van der Waals surface area contributed by atoms with Crippen LogP contribution in [0.5, 0.6) is 0 Å². The monoisotopic (exact) mass is 294 g/mol. The Bertz CT molecular complexity index is 423. The molecule has 6 nitrogen and oxygen atoms in total. The fourth-order valence-electron chi connectivity index (χ4n) is 2.85. The molecule has 118 valence electrons. The minimum atomic E-state index is 0.00468. The molecule has 0 bridgehead atoms. The van der Waals surface area contributed by atoms with E-state index in [9.17, 15) is 5.11 Å². The summed E-state index contributed by atoms with van der Waals surface area (Å²) in [5.41, 5.74) is 0.00468. The number of anilines is 2. The minimum absolute atomic E-state index is 0.00468. The van der Waals surface area contributed by atoms with Gasteiger partial charge in [-0.05, 0) is 19.8 Å². The maximum absolute atomic E-state index is 9.67. The standard InChI is InChI=1S/C15H26N4O2/c1-3-16-12-8-13(19-14(18-12)9-21-2)17-10-15(11-20)6-4-5-7-15/h8,20H,3-7,9-11H2,1-2H3,(H2,16,17,18,19). The molecular weight excluding hydrogens is 268 g/mol. The van der Waals surface area contributed by atoms with Gasteiger partial charge < -0.3 is 20.5 Å². The molecule has 1 aliphatic rings. The Hall–Kier alpha value is -1.40. The van der Waals surface area contributed by atoms with E-state index in [1.54, 1.807) is 7.11 Å². The lowest BCUT2D eigenvalue weighted by Crippen LogP contribution is -2.30. The second kappa shape index (κ2) is 7.56. The third kappa shape index (κ3) is 4.28. The molecule has 1 heterocycles. The lowest BCUT2D eigenvalue weighted by Gasteiger charge is -2.27. The minimum Gasteiger partial charge on any atom is -0.396 e.